The number of aromatic carboxylic acids is 1. The zero-order valence-corrected chi connectivity index (χ0v) is 11.4. The fourth-order valence-corrected chi connectivity index (χ4v) is 2.46. The Morgan fingerprint density at radius 2 is 2.29 bits per heavy atom. The molecule has 0 amide bonds. The first-order valence-corrected chi connectivity index (χ1v) is 6.43. The molecule has 1 aliphatic rings. The highest BCUT2D eigenvalue weighted by atomic mass is 19.1. The molecule has 1 atom stereocenters. The van der Waals surface area contributed by atoms with E-state index < -0.39 is 28.0 Å². The molecule has 1 saturated heterocycles. The highest BCUT2D eigenvalue weighted by Gasteiger charge is 2.28. The summed E-state index contributed by atoms with van der Waals surface area (Å²) in [5.41, 5.74) is -1.03. The summed E-state index contributed by atoms with van der Waals surface area (Å²) in [6.07, 6.45) is 1.51. The van der Waals surface area contributed by atoms with E-state index in [1.54, 1.807) is 12.0 Å². The number of methoxy groups -OCH3 is 1. The van der Waals surface area contributed by atoms with Crippen LogP contribution in [0.2, 0.25) is 0 Å². The summed E-state index contributed by atoms with van der Waals surface area (Å²) >= 11 is 0. The molecule has 0 saturated carbocycles. The molecule has 0 aliphatic carbocycles. The predicted molar refractivity (Wildman–Crippen MR) is 72.3 cm³/mol. The Bertz CT molecular complexity index is 578. The van der Waals surface area contributed by atoms with E-state index in [2.05, 4.69) is 0 Å². The molecule has 1 unspecified atom stereocenters. The third-order valence-electron chi connectivity index (χ3n) is 3.54. The monoisotopic (exact) mass is 298 g/mol. The van der Waals surface area contributed by atoms with Crippen LogP contribution < -0.4 is 4.90 Å². The Morgan fingerprint density at radius 1 is 1.57 bits per heavy atom. The minimum Gasteiger partial charge on any atom is -0.478 e. The van der Waals surface area contributed by atoms with Gasteiger partial charge < -0.3 is 14.7 Å². The standard InChI is InChI=1S/C13H15FN2O5/c1-21-8-3-2-4-15(7-8)11-6-10(14)9(13(17)18)5-12(11)16(19)20/h5-6,8H,2-4,7H2,1H3,(H,17,18). The van der Waals surface area contributed by atoms with Gasteiger partial charge in [0.1, 0.15) is 17.1 Å². The number of anilines is 1. The molecule has 8 heteroatoms. The number of halogens is 1. The van der Waals surface area contributed by atoms with E-state index in [9.17, 15) is 19.3 Å². The Morgan fingerprint density at radius 3 is 2.86 bits per heavy atom. The maximum absolute atomic E-state index is 13.8. The van der Waals surface area contributed by atoms with Crippen molar-refractivity contribution in [1.82, 2.24) is 0 Å². The lowest BCUT2D eigenvalue weighted by Crippen LogP contribution is -2.39. The number of ether oxygens (including phenoxy) is 1. The van der Waals surface area contributed by atoms with Gasteiger partial charge in [-0.3, -0.25) is 10.1 Å². The first-order valence-electron chi connectivity index (χ1n) is 6.43. The minimum atomic E-state index is -1.53. The van der Waals surface area contributed by atoms with Crippen molar-refractivity contribution in [2.75, 3.05) is 25.1 Å². The Kier molecular flexibility index (Phi) is 4.37. The van der Waals surface area contributed by atoms with Crippen LogP contribution in [0.25, 0.3) is 0 Å². The van der Waals surface area contributed by atoms with Gasteiger partial charge in [0, 0.05) is 32.3 Å². The molecule has 0 bridgehead atoms. The van der Waals surface area contributed by atoms with Gasteiger partial charge in [-0.25, -0.2) is 9.18 Å². The number of rotatable bonds is 4. The highest BCUT2D eigenvalue weighted by Crippen LogP contribution is 2.33. The summed E-state index contributed by atoms with van der Waals surface area (Å²) < 4.78 is 19.1. The summed E-state index contributed by atoms with van der Waals surface area (Å²) in [5, 5.41) is 20.0. The average molecular weight is 298 g/mol. The molecule has 21 heavy (non-hydrogen) atoms. The molecule has 1 fully saturated rings. The average Bonchev–Trinajstić information content (AvgIpc) is 2.46. The predicted octanol–water partition coefficient (Wildman–Crippen LogP) is 2.05. The number of carboxylic acids is 1. The number of nitrogens with zero attached hydrogens (tertiary/aromatic N) is 2. The van der Waals surface area contributed by atoms with E-state index >= 15 is 0 Å². The number of carbonyl (C=O) groups is 1. The molecule has 1 aliphatic heterocycles. The van der Waals surface area contributed by atoms with Crippen molar-refractivity contribution < 1.29 is 24.0 Å². The Labute approximate surface area is 120 Å². The molecule has 0 radical (unpaired) electrons. The number of hydrogen-bond acceptors (Lipinski definition) is 5. The van der Waals surface area contributed by atoms with E-state index in [-0.39, 0.29) is 11.8 Å². The van der Waals surface area contributed by atoms with Crippen LogP contribution in [0.1, 0.15) is 23.2 Å². The number of carboxylic acid groups (broad SMARTS) is 1. The van der Waals surface area contributed by atoms with E-state index in [0.29, 0.717) is 13.1 Å². The van der Waals surface area contributed by atoms with Gasteiger partial charge in [-0.1, -0.05) is 0 Å². The lowest BCUT2D eigenvalue weighted by atomic mass is 10.1. The summed E-state index contributed by atoms with van der Waals surface area (Å²) in [6.45, 7) is 0.940. The van der Waals surface area contributed by atoms with Gasteiger partial charge in [0.2, 0.25) is 0 Å². The van der Waals surface area contributed by atoms with Gasteiger partial charge in [0.15, 0.2) is 0 Å². The van der Waals surface area contributed by atoms with Crippen molar-refractivity contribution in [2.45, 2.75) is 18.9 Å². The molecule has 1 heterocycles. The summed E-state index contributed by atoms with van der Waals surface area (Å²) in [7, 11) is 1.55. The first kappa shape index (κ1) is 15.2. The quantitative estimate of drug-likeness (QED) is 0.675. The van der Waals surface area contributed by atoms with Crippen LogP contribution in [0.4, 0.5) is 15.8 Å². The zero-order valence-electron chi connectivity index (χ0n) is 11.4. The molecular formula is C13H15FN2O5. The summed E-state index contributed by atoms with van der Waals surface area (Å²) in [5.74, 6) is -2.52. The Balaban J connectivity index is 2.44. The van der Waals surface area contributed by atoms with Gasteiger partial charge in [0.25, 0.3) is 5.69 Å². The molecule has 1 N–H and O–H groups in total. The second kappa shape index (κ2) is 6.04. The molecule has 0 spiro atoms. The number of benzene rings is 1. The zero-order chi connectivity index (χ0) is 15.6. The van der Waals surface area contributed by atoms with Gasteiger partial charge in [-0.15, -0.1) is 0 Å². The Hall–Kier alpha value is -2.22. The minimum absolute atomic E-state index is 0.0828. The normalized spacial score (nSPS) is 18.6. The summed E-state index contributed by atoms with van der Waals surface area (Å²) in [4.78, 5) is 23.0. The molecule has 7 nitrogen and oxygen atoms in total. The first-order chi connectivity index (χ1) is 9.93. The SMILES string of the molecule is COC1CCCN(c2cc(F)c(C(=O)O)cc2[N+](=O)[O-])C1. The van der Waals surface area contributed by atoms with Crippen LogP contribution in [-0.2, 0) is 4.74 Å². The van der Waals surface area contributed by atoms with Crippen LogP contribution >= 0.6 is 0 Å². The highest BCUT2D eigenvalue weighted by molar-refractivity contribution is 5.90. The molecule has 0 aromatic heterocycles. The maximum atomic E-state index is 13.8. The molecule has 1 aromatic rings. The van der Waals surface area contributed by atoms with Crippen LogP contribution in [0.5, 0.6) is 0 Å². The van der Waals surface area contributed by atoms with Crippen molar-refractivity contribution in [3.05, 3.63) is 33.6 Å². The van der Waals surface area contributed by atoms with Crippen molar-refractivity contribution in [2.24, 2.45) is 0 Å². The third-order valence-corrected chi connectivity index (χ3v) is 3.54. The van der Waals surface area contributed by atoms with Gasteiger partial charge in [-0.05, 0) is 12.8 Å². The maximum Gasteiger partial charge on any atom is 0.338 e. The molecule has 114 valence electrons. The van der Waals surface area contributed by atoms with Gasteiger partial charge >= 0.3 is 5.97 Å². The number of piperidine rings is 1. The molecule has 2 rings (SSSR count). The smallest absolute Gasteiger partial charge is 0.338 e. The van der Waals surface area contributed by atoms with E-state index in [4.69, 9.17) is 9.84 Å². The van der Waals surface area contributed by atoms with E-state index in [1.807, 2.05) is 0 Å². The lowest BCUT2D eigenvalue weighted by molar-refractivity contribution is -0.384. The van der Waals surface area contributed by atoms with Crippen LogP contribution in [0.3, 0.4) is 0 Å². The van der Waals surface area contributed by atoms with Crippen molar-refractivity contribution >= 4 is 17.3 Å². The van der Waals surface area contributed by atoms with Crippen molar-refractivity contribution in [3.63, 3.8) is 0 Å². The largest absolute Gasteiger partial charge is 0.478 e. The molecular weight excluding hydrogens is 283 g/mol. The second-order valence-corrected chi connectivity index (χ2v) is 4.83. The van der Waals surface area contributed by atoms with Crippen molar-refractivity contribution in [3.8, 4) is 0 Å². The number of nitro groups is 1. The topological polar surface area (TPSA) is 92.9 Å². The van der Waals surface area contributed by atoms with Crippen molar-refractivity contribution in [1.29, 1.82) is 0 Å². The van der Waals surface area contributed by atoms with Gasteiger partial charge in [0.05, 0.1) is 11.0 Å². The van der Waals surface area contributed by atoms with Gasteiger partial charge in [-0.2, -0.15) is 0 Å². The van der Waals surface area contributed by atoms with Crippen LogP contribution in [0, 0.1) is 15.9 Å². The fourth-order valence-electron chi connectivity index (χ4n) is 2.46. The van der Waals surface area contributed by atoms with Crippen LogP contribution in [0.15, 0.2) is 12.1 Å². The lowest BCUT2D eigenvalue weighted by Gasteiger charge is -2.33. The molecule has 1 aromatic carbocycles. The number of nitro benzene ring substituents is 1. The number of hydrogen-bond donors (Lipinski definition) is 1. The van der Waals surface area contributed by atoms with E-state index in [0.717, 1.165) is 25.0 Å². The second-order valence-electron chi connectivity index (χ2n) is 4.83. The summed E-state index contributed by atoms with van der Waals surface area (Å²) in [6, 6.07) is 1.68. The third kappa shape index (κ3) is 3.10. The fraction of sp³-hybridized carbons (Fsp3) is 0.462. The van der Waals surface area contributed by atoms with Crippen LogP contribution in [-0.4, -0.2) is 42.3 Å². The van der Waals surface area contributed by atoms with E-state index in [1.165, 1.54) is 0 Å².